The topological polar surface area (TPSA) is 89.9 Å². The molecule has 2 aromatic heterocycles. The summed E-state index contributed by atoms with van der Waals surface area (Å²) in [7, 11) is 0. The molecule has 0 saturated carbocycles. The summed E-state index contributed by atoms with van der Waals surface area (Å²) in [6, 6.07) is 11.2. The van der Waals surface area contributed by atoms with Crippen LogP contribution >= 0.6 is 11.8 Å². The molecule has 2 heterocycles. The van der Waals surface area contributed by atoms with E-state index in [-0.39, 0.29) is 6.61 Å². The van der Waals surface area contributed by atoms with Crippen molar-refractivity contribution < 1.29 is 9.63 Å². The third kappa shape index (κ3) is 2.49. The molecule has 0 unspecified atom stereocenters. The fourth-order valence-electron chi connectivity index (χ4n) is 1.48. The van der Waals surface area contributed by atoms with Crippen LogP contribution in [0.2, 0.25) is 0 Å². The Morgan fingerprint density at radius 1 is 1.26 bits per heavy atom. The van der Waals surface area contributed by atoms with Crippen LogP contribution < -0.4 is 0 Å². The van der Waals surface area contributed by atoms with E-state index in [1.165, 1.54) is 11.8 Å². The Morgan fingerprint density at radius 3 is 2.84 bits per heavy atom. The van der Waals surface area contributed by atoms with E-state index in [2.05, 4.69) is 20.7 Å². The molecule has 0 spiro atoms. The van der Waals surface area contributed by atoms with Crippen molar-refractivity contribution >= 4 is 11.8 Å². The van der Waals surface area contributed by atoms with Gasteiger partial charge >= 0.3 is 0 Å². The number of nitrogens with zero attached hydrogens (tertiary/aromatic N) is 5. The Kier molecular flexibility index (Phi) is 3.25. The first kappa shape index (κ1) is 11.9. The van der Waals surface area contributed by atoms with Gasteiger partial charge in [-0.15, -0.1) is 5.10 Å². The van der Waals surface area contributed by atoms with Gasteiger partial charge in [0.25, 0.3) is 0 Å². The molecule has 0 aliphatic heterocycles. The maximum atomic E-state index is 8.93. The smallest absolute Gasteiger partial charge is 0.221 e. The molecule has 0 fully saturated rings. The van der Waals surface area contributed by atoms with Crippen LogP contribution in [0.3, 0.4) is 0 Å². The van der Waals surface area contributed by atoms with E-state index in [4.69, 9.17) is 9.63 Å². The van der Waals surface area contributed by atoms with Crippen molar-refractivity contribution in [2.24, 2.45) is 0 Å². The quantitative estimate of drug-likeness (QED) is 0.767. The zero-order valence-electron chi connectivity index (χ0n) is 9.67. The summed E-state index contributed by atoms with van der Waals surface area (Å²) < 4.78 is 6.67. The van der Waals surface area contributed by atoms with Gasteiger partial charge in [-0.25, -0.2) is 0 Å². The van der Waals surface area contributed by atoms with Gasteiger partial charge in [-0.2, -0.15) is 4.68 Å². The third-order valence-corrected chi connectivity index (χ3v) is 3.16. The second-order valence-corrected chi connectivity index (χ2v) is 4.58. The highest BCUT2D eigenvalue weighted by Gasteiger charge is 2.13. The molecule has 19 heavy (non-hydrogen) atoms. The number of tetrazole rings is 1. The molecular weight excluding hydrogens is 266 g/mol. The summed E-state index contributed by atoms with van der Waals surface area (Å²) in [4.78, 5) is 0. The van der Waals surface area contributed by atoms with Crippen molar-refractivity contribution in [1.29, 1.82) is 0 Å². The van der Waals surface area contributed by atoms with Gasteiger partial charge in [-0.3, -0.25) is 0 Å². The third-order valence-electron chi connectivity index (χ3n) is 2.33. The van der Waals surface area contributed by atoms with Gasteiger partial charge in [0, 0.05) is 6.07 Å². The first-order chi connectivity index (χ1) is 9.36. The van der Waals surface area contributed by atoms with Crippen molar-refractivity contribution in [1.82, 2.24) is 25.4 Å². The van der Waals surface area contributed by atoms with Crippen LogP contribution in [0.15, 0.2) is 51.2 Å². The Bertz CT molecular complexity index is 667. The molecule has 0 aliphatic carbocycles. The van der Waals surface area contributed by atoms with Gasteiger partial charge in [-0.05, 0) is 34.3 Å². The van der Waals surface area contributed by atoms with E-state index in [0.717, 1.165) is 5.69 Å². The van der Waals surface area contributed by atoms with Gasteiger partial charge in [0.2, 0.25) is 10.2 Å². The molecule has 0 bridgehead atoms. The lowest BCUT2D eigenvalue weighted by Gasteiger charge is -2.01. The van der Waals surface area contributed by atoms with Crippen LogP contribution in [-0.4, -0.2) is 30.5 Å². The van der Waals surface area contributed by atoms with E-state index in [1.807, 2.05) is 30.3 Å². The van der Waals surface area contributed by atoms with Crippen LogP contribution in [0.4, 0.5) is 0 Å². The summed E-state index contributed by atoms with van der Waals surface area (Å²) in [5.74, 6) is 0. The number of benzene rings is 1. The van der Waals surface area contributed by atoms with Gasteiger partial charge in [0.15, 0.2) is 0 Å². The van der Waals surface area contributed by atoms with Crippen LogP contribution in [-0.2, 0) is 6.61 Å². The van der Waals surface area contributed by atoms with Crippen LogP contribution in [0.1, 0.15) is 5.69 Å². The summed E-state index contributed by atoms with van der Waals surface area (Å²) in [5, 5.41) is 25.2. The van der Waals surface area contributed by atoms with Crippen LogP contribution in [0.25, 0.3) is 5.69 Å². The molecule has 1 N–H and O–H groups in total. The first-order valence-corrected chi connectivity index (χ1v) is 6.26. The normalized spacial score (nSPS) is 10.8. The predicted octanol–water partition coefficient (Wildman–Crippen LogP) is 1.29. The number of aliphatic hydroxyl groups excluding tert-OH is 1. The van der Waals surface area contributed by atoms with Crippen molar-refractivity contribution in [3.63, 3.8) is 0 Å². The van der Waals surface area contributed by atoms with Gasteiger partial charge in [0.05, 0.1) is 12.3 Å². The molecule has 0 aliphatic rings. The summed E-state index contributed by atoms with van der Waals surface area (Å²) in [5.41, 5.74) is 1.33. The largest absolute Gasteiger partial charge is 0.390 e. The predicted molar refractivity (Wildman–Crippen MR) is 65.7 cm³/mol. The van der Waals surface area contributed by atoms with Gasteiger partial charge < -0.3 is 9.63 Å². The van der Waals surface area contributed by atoms with Crippen molar-refractivity contribution in [2.75, 3.05) is 0 Å². The van der Waals surface area contributed by atoms with Crippen LogP contribution in [0, 0.1) is 0 Å². The standard InChI is InChI=1S/C11H9N5O2S/c17-7-8-6-10(18-13-8)19-11-12-14-15-16(11)9-4-2-1-3-5-9/h1-6,17H,7H2. The molecule has 8 heteroatoms. The monoisotopic (exact) mass is 275 g/mol. The maximum Gasteiger partial charge on any atom is 0.221 e. The average molecular weight is 275 g/mol. The fourth-order valence-corrected chi connectivity index (χ4v) is 2.23. The highest BCUT2D eigenvalue weighted by molar-refractivity contribution is 7.99. The van der Waals surface area contributed by atoms with Crippen molar-refractivity contribution in [3.05, 3.63) is 42.1 Å². The Hall–Kier alpha value is -2.19. The lowest BCUT2D eigenvalue weighted by molar-refractivity contribution is 0.262. The van der Waals surface area contributed by atoms with Crippen molar-refractivity contribution in [2.45, 2.75) is 16.9 Å². The second-order valence-electron chi connectivity index (χ2n) is 3.61. The highest BCUT2D eigenvalue weighted by atomic mass is 32.2. The zero-order chi connectivity index (χ0) is 13.1. The van der Waals surface area contributed by atoms with E-state index >= 15 is 0 Å². The number of para-hydroxylation sites is 1. The molecular formula is C11H9N5O2S. The number of hydrogen-bond acceptors (Lipinski definition) is 7. The number of aliphatic hydroxyl groups is 1. The second kappa shape index (κ2) is 5.21. The first-order valence-electron chi connectivity index (χ1n) is 5.45. The van der Waals surface area contributed by atoms with E-state index < -0.39 is 0 Å². The molecule has 0 amide bonds. The average Bonchev–Trinajstić information content (AvgIpc) is 3.09. The highest BCUT2D eigenvalue weighted by Crippen LogP contribution is 2.27. The molecule has 96 valence electrons. The molecule has 0 atom stereocenters. The summed E-state index contributed by atoms with van der Waals surface area (Å²) >= 11 is 1.24. The molecule has 3 rings (SSSR count). The lowest BCUT2D eigenvalue weighted by Crippen LogP contribution is -1.97. The maximum absolute atomic E-state index is 8.93. The Labute approximate surface area is 112 Å². The minimum Gasteiger partial charge on any atom is -0.390 e. The minimum atomic E-state index is -0.159. The van der Waals surface area contributed by atoms with Crippen molar-refractivity contribution in [3.8, 4) is 5.69 Å². The fraction of sp³-hybridized carbons (Fsp3) is 0.0909. The molecule has 0 radical (unpaired) electrons. The number of hydrogen-bond donors (Lipinski definition) is 1. The van der Waals surface area contributed by atoms with Gasteiger partial charge in [-0.1, -0.05) is 23.4 Å². The Morgan fingerprint density at radius 2 is 2.11 bits per heavy atom. The Balaban J connectivity index is 1.88. The summed E-state index contributed by atoms with van der Waals surface area (Å²) in [6.45, 7) is -0.159. The SMILES string of the molecule is OCc1cc(Sc2nnnn2-c2ccccc2)on1. The van der Waals surface area contributed by atoms with E-state index in [0.29, 0.717) is 15.9 Å². The number of aromatic nitrogens is 5. The van der Waals surface area contributed by atoms with Crippen LogP contribution in [0.5, 0.6) is 0 Å². The molecule has 1 aromatic carbocycles. The lowest BCUT2D eigenvalue weighted by atomic mass is 10.3. The molecule has 0 saturated heterocycles. The van der Waals surface area contributed by atoms with E-state index in [9.17, 15) is 0 Å². The van der Waals surface area contributed by atoms with Gasteiger partial charge in [0.1, 0.15) is 5.69 Å². The minimum absolute atomic E-state index is 0.159. The summed E-state index contributed by atoms with van der Waals surface area (Å²) in [6.07, 6.45) is 0. The van der Waals surface area contributed by atoms with E-state index in [1.54, 1.807) is 10.7 Å². The zero-order valence-corrected chi connectivity index (χ0v) is 10.5. The number of rotatable bonds is 4. The molecule has 7 nitrogen and oxygen atoms in total. The molecule has 3 aromatic rings.